The molecule has 4 nitrogen and oxygen atoms in total. The molecule has 0 aromatic heterocycles. The Morgan fingerprint density at radius 2 is 1.79 bits per heavy atom. The minimum absolute atomic E-state index is 0.101. The lowest BCUT2D eigenvalue weighted by Crippen LogP contribution is -2.25. The van der Waals surface area contributed by atoms with Gasteiger partial charge in [0.05, 0.1) is 19.6 Å². The Kier molecular flexibility index (Phi) is 8.09. The quantitative estimate of drug-likeness (QED) is 0.512. The van der Waals surface area contributed by atoms with E-state index >= 15 is 0 Å². The van der Waals surface area contributed by atoms with Crippen molar-refractivity contribution in [3.8, 4) is 0 Å². The summed E-state index contributed by atoms with van der Waals surface area (Å²) in [5.41, 5.74) is 1.07. The molecule has 0 amide bonds. The Labute approximate surface area is 174 Å². The van der Waals surface area contributed by atoms with E-state index in [1.807, 2.05) is 42.5 Å². The number of allylic oxidation sites excluding steroid dienone is 3. The Hall–Kier alpha value is -2.36. The summed E-state index contributed by atoms with van der Waals surface area (Å²) in [6.45, 7) is 0.846. The predicted octanol–water partition coefficient (Wildman–Crippen LogP) is 5.18. The van der Waals surface area contributed by atoms with Crippen molar-refractivity contribution in [3.63, 3.8) is 0 Å². The number of carbonyl (C=O) groups excluding carboxylic acids is 2. The van der Waals surface area contributed by atoms with Crippen LogP contribution in [0.5, 0.6) is 0 Å². The highest BCUT2D eigenvalue weighted by molar-refractivity contribution is 5.71. The SMILES string of the molecule is O=C(CCC1(CC(=O)OCCc2ccccc2)CCCC1)OCC1C=CC=CC1. The fraction of sp³-hybridized carbons (Fsp3) is 0.520. The molecule has 1 aromatic rings. The second-order valence-corrected chi connectivity index (χ2v) is 8.33. The zero-order chi connectivity index (χ0) is 20.4. The van der Waals surface area contributed by atoms with E-state index in [-0.39, 0.29) is 23.3 Å². The van der Waals surface area contributed by atoms with E-state index in [9.17, 15) is 9.59 Å². The maximum atomic E-state index is 12.4. The number of hydrogen-bond donors (Lipinski definition) is 0. The highest BCUT2D eigenvalue weighted by atomic mass is 16.5. The molecule has 0 N–H and O–H groups in total. The molecule has 0 spiro atoms. The van der Waals surface area contributed by atoms with Gasteiger partial charge in [-0.05, 0) is 36.7 Å². The maximum Gasteiger partial charge on any atom is 0.306 e. The third-order valence-corrected chi connectivity index (χ3v) is 6.07. The maximum absolute atomic E-state index is 12.4. The van der Waals surface area contributed by atoms with Gasteiger partial charge in [-0.1, -0.05) is 67.5 Å². The van der Waals surface area contributed by atoms with Gasteiger partial charge < -0.3 is 9.47 Å². The van der Waals surface area contributed by atoms with E-state index in [4.69, 9.17) is 9.47 Å². The molecule has 0 heterocycles. The fourth-order valence-electron chi connectivity index (χ4n) is 4.32. The van der Waals surface area contributed by atoms with Crippen LogP contribution in [0.2, 0.25) is 0 Å². The van der Waals surface area contributed by atoms with Gasteiger partial charge in [-0.25, -0.2) is 0 Å². The number of rotatable bonds is 10. The van der Waals surface area contributed by atoms with Crippen LogP contribution >= 0.6 is 0 Å². The zero-order valence-electron chi connectivity index (χ0n) is 17.2. The summed E-state index contributed by atoms with van der Waals surface area (Å²) in [7, 11) is 0. The molecule has 0 radical (unpaired) electrons. The molecular weight excluding hydrogens is 364 g/mol. The van der Waals surface area contributed by atoms with Crippen LogP contribution in [0, 0.1) is 11.3 Å². The average Bonchev–Trinajstić information content (AvgIpc) is 3.21. The van der Waals surface area contributed by atoms with Gasteiger partial charge in [-0.2, -0.15) is 0 Å². The standard InChI is InChI=1S/C25H32O4/c26-23(29-20-22-11-5-2-6-12-22)13-17-25(15-7-8-16-25)19-24(27)28-18-14-21-9-3-1-4-10-21/h1-6,9-11,22H,7-8,12-20H2. The van der Waals surface area contributed by atoms with E-state index in [0.717, 1.165) is 38.5 Å². The monoisotopic (exact) mass is 396 g/mol. The Morgan fingerprint density at radius 3 is 2.52 bits per heavy atom. The first kappa shape index (κ1) is 21.4. The van der Waals surface area contributed by atoms with Crippen LogP contribution in [0.3, 0.4) is 0 Å². The molecule has 156 valence electrons. The van der Waals surface area contributed by atoms with Gasteiger partial charge in [-0.3, -0.25) is 9.59 Å². The zero-order valence-corrected chi connectivity index (χ0v) is 17.2. The van der Waals surface area contributed by atoms with Crippen LogP contribution in [-0.2, 0) is 25.5 Å². The molecule has 4 heteroatoms. The van der Waals surface area contributed by atoms with Gasteiger partial charge in [0.1, 0.15) is 0 Å². The molecule has 0 bridgehead atoms. The second-order valence-electron chi connectivity index (χ2n) is 8.33. The topological polar surface area (TPSA) is 52.6 Å². The van der Waals surface area contributed by atoms with Crippen LogP contribution in [0.4, 0.5) is 0 Å². The summed E-state index contributed by atoms with van der Waals surface area (Å²) < 4.78 is 11.0. The van der Waals surface area contributed by atoms with E-state index in [1.54, 1.807) is 0 Å². The molecule has 0 aliphatic heterocycles. The van der Waals surface area contributed by atoms with Crippen molar-refractivity contribution < 1.29 is 19.1 Å². The number of benzene rings is 1. The molecule has 0 saturated heterocycles. The molecule has 1 unspecified atom stereocenters. The van der Waals surface area contributed by atoms with Crippen LogP contribution in [-0.4, -0.2) is 25.2 Å². The van der Waals surface area contributed by atoms with Crippen molar-refractivity contribution >= 4 is 11.9 Å². The van der Waals surface area contributed by atoms with Crippen LogP contribution < -0.4 is 0 Å². The molecule has 29 heavy (non-hydrogen) atoms. The lowest BCUT2D eigenvalue weighted by molar-refractivity contribution is -0.149. The third-order valence-electron chi connectivity index (χ3n) is 6.07. The van der Waals surface area contributed by atoms with Crippen molar-refractivity contribution in [1.82, 2.24) is 0 Å². The second kappa shape index (κ2) is 11.0. The largest absolute Gasteiger partial charge is 0.465 e. The molecule has 2 aliphatic rings. The summed E-state index contributed by atoms with van der Waals surface area (Å²) in [6.07, 6.45) is 15.5. The van der Waals surface area contributed by atoms with E-state index in [1.165, 1.54) is 5.56 Å². The molecule has 1 saturated carbocycles. The highest BCUT2D eigenvalue weighted by Gasteiger charge is 2.37. The molecule has 1 aromatic carbocycles. The molecule has 1 atom stereocenters. The number of carbonyl (C=O) groups is 2. The van der Waals surface area contributed by atoms with Crippen LogP contribution in [0.1, 0.15) is 56.9 Å². The molecular formula is C25H32O4. The third kappa shape index (κ3) is 7.19. The lowest BCUT2D eigenvalue weighted by atomic mass is 9.78. The first-order chi connectivity index (χ1) is 14.2. The van der Waals surface area contributed by atoms with Crippen molar-refractivity contribution in [2.24, 2.45) is 11.3 Å². The van der Waals surface area contributed by atoms with Gasteiger partial charge in [0.2, 0.25) is 0 Å². The van der Waals surface area contributed by atoms with Gasteiger partial charge in [0.15, 0.2) is 0 Å². The Balaban J connectivity index is 1.39. The molecule has 1 fully saturated rings. The summed E-state index contributed by atoms with van der Waals surface area (Å²) in [5.74, 6) is -0.0176. The number of hydrogen-bond acceptors (Lipinski definition) is 4. The first-order valence-electron chi connectivity index (χ1n) is 10.8. The smallest absolute Gasteiger partial charge is 0.306 e. The van der Waals surface area contributed by atoms with E-state index in [0.29, 0.717) is 32.5 Å². The normalized spacial score (nSPS) is 19.8. The van der Waals surface area contributed by atoms with Gasteiger partial charge in [-0.15, -0.1) is 0 Å². The van der Waals surface area contributed by atoms with Crippen molar-refractivity contribution in [2.45, 2.75) is 57.8 Å². The Bertz CT molecular complexity index is 714. The summed E-state index contributed by atoms with van der Waals surface area (Å²) in [6, 6.07) is 10.0. The molecule has 3 rings (SSSR count). The minimum atomic E-state index is -0.156. The summed E-state index contributed by atoms with van der Waals surface area (Å²) in [4.78, 5) is 24.6. The molecule has 2 aliphatic carbocycles. The first-order valence-corrected chi connectivity index (χ1v) is 10.8. The van der Waals surface area contributed by atoms with Gasteiger partial charge in [0.25, 0.3) is 0 Å². The van der Waals surface area contributed by atoms with Crippen LogP contribution in [0.25, 0.3) is 0 Å². The van der Waals surface area contributed by atoms with Crippen molar-refractivity contribution in [1.29, 1.82) is 0 Å². The summed E-state index contributed by atoms with van der Waals surface area (Å²) in [5, 5.41) is 0. The Morgan fingerprint density at radius 1 is 1.00 bits per heavy atom. The van der Waals surface area contributed by atoms with Crippen molar-refractivity contribution in [2.75, 3.05) is 13.2 Å². The minimum Gasteiger partial charge on any atom is -0.465 e. The van der Waals surface area contributed by atoms with Gasteiger partial charge >= 0.3 is 11.9 Å². The van der Waals surface area contributed by atoms with E-state index < -0.39 is 0 Å². The lowest BCUT2D eigenvalue weighted by Gasteiger charge is -2.27. The van der Waals surface area contributed by atoms with Crippen molar-refractivity contribution in [3.05, 3.63) is 60.2 Å². The fourth-order valence-corrected chi connectivity index (χ4v) is 4.32. The predicted molar refractivity (Wildman–Crippen MR) is 113 cm³/mol. The number of ether oxygens (including phenoxy) is 2. The number of esters is 2. The van der Waals surface area contributed by atoms with Crippen LogP contribution in [0.15, 0.2) is 54.6 Å². The summed E-state index contributed by atoms with van der Waals surface area (Å²) >= 11 is 0. The van der Waals surface area contributed by atoms with Gasteiger partial charge in [0, 0.05) is 18.8 Å². The highest BCUT2D eigenvalue weighted by Crippen LogP contribution is 2.45. The average molecular weight is 397 g/mol. The van der Waals surface area contributed by atoms with E-state index in [2.05, 4.69) is 12.2 Å².